The minimum absolute atomic E-state index is 0.497. The van der Waals surface area contributed by atoms with E-state index < -0.39 is 0 Å². The van der Waals surface area contributed by atoms with Crippen LogP contribution >= 0.6 is 11.3 Å². The van der Waals surface area contributed by atoms with Crippen LogP contribution in [0.1, 0.15) is 18.7 Å². The third-order valence-corrected chi connectivity index (χ3v) is 4.86. The Bertz CT molecular complexity index is 598. The lowest BCUT2D eigenvalue weighted by molar-refractivity contribution is 0.494. The largest absolute Gasteiger partial charge is 0.355 e. The predicted molar refractivity (Wildman–Crippen MR) is 80.5 cm³/mol. The molecule has 5 nitrogen and oxygen atoms in total. The van der Waals surface area contributed by atoms with E-state index in [0.717, 1.165) is 29.1 Å². The molecule has 0 aromatic carbocycles. The molecule has 0 aliphatic carbocycles. The van der Waals surface area contributed by atoms with Crippen molar-refractivity contribution >= 4 is 33.3 Å². The fourth-order valence-corrected chi connectivity index (χ4v) is 3.51. The van der Waals surface area contributed by atoms with Crippen LogP contribution in [-0.2, 0) is 0 Å². The van der Waals surface area contributed by atoms with Gasteiger partial charge in [0.1, 0.15) is 10.6 Å². The number of nitrogen functional groups attached to an aromatic ring is 1. The summed E-state index contributed by atoms with van der Waals surface area (Å²) in [6, 6.07) is 2.17. The first-order valence-corrected chi connectivity index (χ1v) is 7.40. The van der Waals surface area contributed by atoms with Gasteiger partial charge in [0.15, 0.2) is 0 Å². The number of aromatic nitrogens is 2. The van der Waals surface area contributed by atoms with Gasteiger partial charge in [-0.3, -0.25) is 5.43 Å². The van der Waals surface area contributed by atoms with Crippen LogP contribution in [0.15, 0.2) is 6.07 Å². The summed E-state index contributed by atoms with van der Waals surface area (Å²) >= 11 is 1.68. The number of hydrazine groups is 1. The van der Waals surface area contributed by atoms with Crippen molar-refractivity contribution in [3.05, 3.63) is 10.9 Å². The van der Waals surface area contributed by atoms with E-state index in [9.17, 15) is 0 Å². The minimum atomic E-state index is 0.497. The zero-order valence-corrected chi connectivity index (χ0v) is 12.3. The van der Waals surface area contributed by atoms with Crippen molar-refractivity contribution in [3.8, 4) is 0 Å². The summed E-state index contributed by atoms with van der Waals surface area (Å²) in [5.74, 6) is 8.38. The number of hydrogen-bond donors (Lipinski definition) is 2. The molecule has 0 spiro atoms. The average Bonchev–Trinajstić information content (AvgIpc) is 2.90. The molecule has 3 heterocycles. The quantitative estimate of drug-likeness (QED) is 0.651. The summed E-state index contributed by atoms with van der Waals surface area (Å²) in [6.45, 7) is 8.79. The fourth-order valence-electron chi connectivity index (χ4n) is 2.64. The van der Waals surface area contributed by atoms with Crippen molar-refractivity contribution in [1.29, 1.82) is 0 Å². The number of hydrogen-bond acceptors (Lipinski definition) is 6. The second-order valence-corrected chi connectivity index (χ2v) is 6.69. The molecule has 102 valence electrons. The molecule has 2 aromatic rings. The lowest BCUT2D eigenvalue weighted by Crippen LogP contribution is -2.22. The zero-order chi connectivity index (χ0) is 13.6. The number of aryl methyl sites for hydroxylation is 1. The van der Waals surface area contributed by atoms with Gasteiger partial charge in [-0.25, -0.2) is 10.8 Å². The van der Waals surface area contributed by atoms with Crippen LogP contribution in [0.2, 0.25) is 0 Å². The van der Waals surface area contributed by atoms with Crippen LogP contribution in [0.4, 0.5) is 11.8 Å². The van der Waals surface area contributed by atoms with Gasteiger partial charge in [-0.05, 0) is 24.8 Å². The van der Waals surface area contributed by atoms with Crippen LogP contribution in [0.25, 0.3) is 10.2 Å². The van der Waals surface area contributed by atoms with Gasteiger partial charge in [-0.2, -0.15) is 4.98 Å². The highest BCUT2D eigenvalue weighted by atomic mass is 32.1. The Morgan fingerprint density at radius 3 is 2.63 bits per heavy atom. The van der Waals surface area contributed by atoms with E-state index >= 15 is 0 Å². The van der Waals surface area contributed by atoms with Crippen molar-refractivity contribution < 1.29 is 0 Å². The number of fused-ring (bicyclic) bond motifs is 1. The molecule has 2 aromatic heterocycles. The standard InChI is InChI=1S/C13H19N5S/c1-7-5-18(6-8(7)2)11-10-4-9(3)19-12(10)16-13(15-11)17-14/h4,7-8H,5-6,14H2,1-3H3,(H,15,16,17). The average molecular weight is 277 g/mol. The monoisotopic (exact) mass is 277 g/mol. The molecule has 1 fully saturated rings. The lowest BCUT2D eigenvalue weighted by atomic mass is 10.0. The smallest absolute Gasteiger partial charge is 0.240 e. The summed E-state index contributed by atoms with van der Waals surface area (Å²) in [5, 5.41) is 1.14. The van der Waals surface area contributed by atoms with Crippen LogP contribution in [0, 0.1) is 18.8 Å². The molecule has 2 atom stereocenters. The summed E-state index contributed by atoms with van der Waals surface area (Å²) in [7, 11) is 0. The van der Waals surface area contributed by atoms with Gasteiger partial charge in [0, 0.05) is 18.0 Å². The summed E-state index contributed by atoms with van der Waals surface area (Å²) in [6.07, 6.45) is 0. The van der Waals surface area contributed by atoms with E-state index in [1.165, 1.54) is 4.88 Å². The van der Waals surface area contributed by atoms with Gasteiger partial charge >= 0.3 is 0 Å². The first-order valence-electron chi connectivity index (χ1n) is 6.58. The second-order valence-electron chi connectivity index (χ2n) is 5.45. The molecule has 0 saturated carbocycles. The molecule has 3 N–H and O–H groups in total. The normalized spacial score (nSPS) is 23.3. The van der Waals surface area contributed by atoms with Gasteiger partial charge in [0.2, 0.25) is 5.95 Å². The van der Waals surface area contributed by atoms with Crippen LogP contribution in [0.3, 0.4) is 0 Å². The molecule has 1 saturated heterocycles. The molecule has 6 heteroatoms. The van der Waals surface area contributed by atoms with Gasteiger partial charge < -0.3 is 4.90 Å². The highest BCUT2D eigenvalue weighted by molar-refractivity contribution is 7.18. The van der Waals surface area contributed by atoms with Gasteiger partial charge in [0.25, 0.3) is 0 Å². The number of rotatable bonds is 2. The number of nitrogens with two attached hydrogens (primary N) is 1. The maximum atomic E-state index is 5.48. The molecule has 1 aliphatic rings. The van der Waals surface area contributed by atoms with E-state index in [-0.39, 0.29) is 0 Å². The highest BCUT2D eigenvalue weighted by Crippen LogP contribution is 2.35. The third kappa shape index (κ3) is 2.15. The minimum Gasteiger partial charge on any atom is -0.355 e. The molecule has 2 unspecified atom stereocenters. The maximum Gasteiger partial charge on any atom is 0.240 e. The van der Waals surface area contributed by atoms with Gasteiger partial charge in [-0.1, -0.05) is 13.8 Å². The Kier molecular flexibility index (Phi) is 3.06. The van der Waals surface area contributed by atoms with E-state index in [2.05, 4.69) is 47.1 Å². The molecule has 0 amide bonds. The molecular weight excluding hydrogens is 258 g/mol. The molecule has 19 heavy (non-hydrogen) atoms. The van der Waals surface area contributed by atoms with Crippen LogP contribution in [-0.4, -0.2) is 23.1 Å². The first kappa shape index (κ1) is 12.6. The van der Waals surface area contributed by atoms with E-state index in [1.807, 2.05) is 0 Å². The Labute approximate surface area is 116 Å². The predicted octanol–water partition coefficient (Wildman–Crippen LogP) is 2.38. The van der Waals surface area contributed by atoms with Gasteiger partial charge in [-0.15, -0.1) is 11.3 Å². The topological polar surface area (TPSA) is 67.1 Å². The number of nitrogens with one attached hydrogen (secondary N) is 1. The summed E-state index contributed by atoms with van der Waals surface area (Å²) in [4.78, 5) is 13.6. The Hall–Kier alpha value is -1.40. The van der Waals surface area contributed by atoms with E-state index in [4.69, 9.17) is 5.84 Å². The summed E-state index contributed by atoms with van der Waals surface area (Å²) in [5.41, 5.74) is 2.57. The number of thiophene rings is 1. The number of nitrogens with zero attached hydrogens (tertiary/aromatic N) is 3. The zero-order valence-electron chi connectivity index (χ0n) is 11.5. The van der Waals surface area contributed by atoms with Crippen molar-refractivity contribution in [1.82, 2.24) is 9.97 Å². The Morgan fingerprint density at radius 2 is 2.00 bits per heavy atom. The Morgan fingerprint density at radius 1 is 1.32 bits per heavy atom. The molecule has 1 aliphatic heterocycles. The Balaban J connectivity index is 2.11. The SMILES string of the molecule is Cc1cc2c(N3CC(C)C(C)C3)nc(NN)nc2s1. The summed E-state index contributed by atoms with van der Waals surface area (Å²) < 4.78 is 0. The highest BCUT2D eigenvalue weighted by Gasteiger charge is 2.28. The third-order valence-electron chi connectivity index (χ3n) is 3.91. The van der Waals surface area contributed by atoms with Crippen molar-refractivity contribution in [3.63, 3.8) is 0 Å². The second kappa shape index (κ2) is 4.61. The molecule has 0 bridgehead atoms. The maximum absolute atomic E-state index is 5.48. The fraction of sp³-hybridized carbons (Fsp3) is 0.538. The molecular formula is C13H19N5S. The van der Waals surface area contributed by atoms with Crippen molar-refractivity contribution in [2.24, 2.45) is 17.7 Å². The van der Waals surface area contributed by atoms with Crippen molar-refractivity contribution in [2.45, 2.75) is 20.8 Å². The molecule has 3 rings (SSSR count). The van der Waals surface area contributed by atoms with E-state index in [1.54, 1.807) is 11.3 Å². The van der Waals surface area contributed by atoms with Crippen LogP contribution in [0.5, 0.6) is 0 Å². The van der Waals surface area contributed by atoms with Gasteiger partial charge in [0.05, 0.1) is 5.39 Å². The molecule has 0 radical (unpaired) electrons. The van der Waals surface area contributed by atoms with E-state index in [0.29, 0.717) is 17.8 Å². The lowest BCUT2D eigenvalue weighted by Gasteiger charge is -2.18. The number of anilines is 2. The van der Waals surface area contributed by atoms with Crippen molar-refractivity contribution in [2.75, 3.05) is 23.4 Å². The first-order chi connectivity index (χ1) is 9.08. The van der Waals surface area contributed by atoms with Crippen LogP contribution < -0.4 is 16.2 Å².